The van der Waals surface area contributed by atoms with Gasteiger partial charge in [0.1, 0.15) is 0 Å². The summed E-state index contributed by atoms with van der Waals surface area (Å²) < 4.78 is 28.4. The van der Waals surface area contributed by atoms with Crippen molar-refractivity contribution in [2.24, 2.45) is 0 Å². The smallest absolute Gasteiger partial charge is 0.337 e. The third-order valence-electron chi connectivity index (χ3n) is 2.21. The zero-order valence-corrected chi connectivity index (χ0v) is 10.0. The molecule has 94 valence electrons. The van der Waals surface area contributed by atoms with E-state index in [1.165, 1.54) is 18.2 Å². The van der Waals surface area contributed by atoms with Crippen molar-refractivity contribution in [2.75, 3.05) is 6.26 Å². The Labute approximate surface area is 102 Å². The molecule has 0 aliphatic heterocycles. The van der Waals surface area contributed by atoms with E-state index in [9.17, 15) is 13.2 Å². The average Bonchev–Trinajstić information content (AvgIpc) is 2.80. The standard InChI is InChI=1S/C10H8N2O5S/c1-18(15,16)8-6(9-12-11-5-17-9)3-2-4-7(8)10(13)14/h2-5H,1H3,(H,13,14). The first-order chi connectivity index (χ1) is 8.41. The van der Waals surface area contributed by atoms with Gasteiger partial charge in [-0.2, -0.15) is 0 Å². The Balaban J connectivity index is 2.83. The highest BCUT2D eigenvalue weighted by atomic mass is 32.2. The molecule has 0 aliphatic carbocycles. The van der Waals surface area contributed by atoms with Crippen LogP contribution in [0.3, 0.4) is 0 Å². The Hall–Kier alpha value is -2.22. The van der Waals surface area contributed by atoms with Crippen LogP contribution in [-0.2, 0) is 9.84 Å². The fourth-order valence-corrected chi connectivity index (χ4v) is 2.67. The van der Waals surface area contributed by atoms with Crippen molar-refractivity contribution in [3.63, 3.8) is 0 Å². The van der Waals surface area contributed by atoms with Gasteiger partial charge in [-0.15, -0.1) is 10.2 Å². The van der Waals surface area contributed by atoms with Gasteiger partial charge in [-0.3, -0.25) is 0 Å². The number of carboxylic acids is 1. The molecule has 0 spiro atoms. The molecule has 0 saturated heterocycles. The Morgan fingerprint density at radius 1 is 1.39 bits per heavy atom. The highest BCUT2D eigenvalue weighted by Gasteiger charge is 2.25. The van der Waals surface area contributed by atoms with Gasteiger partial charge in [-0.25, -0.2) is 13.2 Å². The van der Waals surface area contributed by atoms with Gasteiger partial charge in [0.15, 0.2) is 9.84 Å². The normalized spacial score (nSPS) is 11.4. The molecule has 0 saturated carbocycles. The van der Waals surface area contributed by atoms with Crippen molar-refractivity contribution in [3.8, 4) is 11.5 Å². The molecule has 8 heteroatoms. The minimum absolute atomic E-state index is 0.0430. The minimum Gasteiger partial charge on any atom is -0.478 e. The van der Waals surface area contributed by atoms with Crippen LogP contribution in [0.15, 0.2) is 33.9 Å². The summed E-state index contributed by atoms with van der Waals surface area (Å²) in [6, 6.07) is 4.03. The average molecular weight is 268 g/mol. The van der Waals surface area contributed by atoms with E-state index in [0.717, 1.165) is 12.6 Å². The van der Waals surface area contributed by atoms with Gasteiger partial charge in [0, 0.05) is 6.26 Å². The van der Waals surface area contributed by atoms with Crippen molar-refractivity contribution >= 4 is 15.8 Å². The highest BCUT2D eigenvalue weighted by molar-refractivity contribution is 7.91. The second-order valence-electron chi connectivity index (χ2n) is 3.50. The molecule has 2 aromatic rings. The number of carbonyl (C=O) groups is 1. The van der Waals surface area contributed by atoms with E-state index in [1.54, 1.807) is 0 Å². The number of sulfone groups is 1. The molecule has 18 heavy (non-hydrogen) atoms. The number of aromatic carboxylic acids is 1. The summed E-state index contributed by atoms with van der Waals surface area (Å²) in [4.78, 5) is 10.7. The lowest BCUT2D eigenvalue weighted by Gasteiger charge is -2.07. The quantitative estimate of drug-likeness (QED) is 0.877. The predicted molar refractivity (Wildman–Crippen MR) is 59.8 cm³/mol. The summed E-state index contributed by atoms with van der Waals surface area (Å²) in [5.74, 6) is -1.38. The molecule has 0 unspecified atom stereocenters. The summed E-state index contributed by atoms with van der Waals surface area (Å²) in [5, 5.41) is 16.0. The zero-order chi connectivity index (χ0) is 13.3. The predicted octanol–water partition coefficient (Wildman–Crippen LogP) is 0.838. The SMILES string of the molecule is CS(=O)(=O)c1c(C(=O)O)cccc1-c1nnco1. The van der Waals surface area contributed by atoms with Gasteiger partial charge in [0.05, 0.1) is 16.0 Å². The number of rotatable bonds is 3. The van der Waals surface area contributed by atoms with Crippen LogP contribution in [0.25, 0.3) is 11.5 Å². The monoisotopic (exact) mass is 268 g/mol. The Bertz CT molecular complexity index is 691. The van der Waals surface area contributed by atoms with E-state index in [4.69, 9.17) is 9.52 Å². The van der Waals surface area contributed by atoms with E-state index in [-0.39, 0.29) is 21.9 Å². The summed E-state index contributed by atoms with van der Waals surface area (Å²) in [6.07, 6.45) is 1.96. The molecule has 1 N–H and O–H groups in total. The maximum atomic E-state index is 11.7. The van der Waals surface area contributed by atoms with Crippen LogP contribution in [-0.4, -0.2) is 35.9 Å². The van der Waals surface area contributed by atoms with Gasteiger partial charge in [-0.05, 0) is 12.1 Å². The maximum absolute atomic E-state index is 11.7. The molecule has 0 atom stereocenters. The van der Waals surface area contributed by atoms with Crippen LogP contribution in [0, 0.1) is 0 Å². The summed E-state index contributed by atoms with van der Waals surface area (Å²) in [5.41, 5.74) is -0.247. The molecule has 0 aliphatic rings. The third kappa shape index (κ3) is 2.09. The number of carboxylic acid groups (broad SMARTS) is 1. The highest BCUT2D eigenvalue weighted by Crippen LogP contribution is 2.28. The first-order valence-electron chi connectivity index (χ1n) is 4.74. The van der Waals surface area contributed by atoms with Crippen LogP contribution in [0.5, 0.6) is 0 Å². The Morgan fingerprint density at radius 3 is 2.61 bits per heavy atom. The lowest BCUT2D eigenvalue weighted by atomic mass is 10.1. The second-order valence-corrected chi connectivity index (χ2v) is 5.46. The third-order valence-corrected chi connectivity index (χ3v) is 3.39. The number of aromatic nitrogens is 2. The zero-order valence-electron chi connectivity index (χ0n) is 9.19. The molecule has 0 radical (unpaired) electrons. The summed E-state index contributed by atoms with van der Waals surface area (Å²) in [7, 11) is -3.74. The lowest BCUT2D eigenvalue weighted by Crippen LogP contribution is -2.09. The van der Waals surface area contributed by atoms with E-state index in [0.29, 0.717) is 0 Å². The fraction of sp³-hybridized carbons (Fsp3) is 0.100. The molecule has 7 nitrogen and oxygen atoms in total. The number of hydrogen-bond acceptors (Lipinski definition) is 6. The van der Waals surface area contributed by atoms with Gasteiger partial charge < -0.3 is 9.52 Å². The number of hydrogen-bond donors (Lipinski definition) is 1. The Morgan fingerprint density at radius 2 is 2.11 bits per heavy atom. The van der Waals surface area contributed by atoms with Gasteiger partial charge in [0.25, 0.3) is 0 Å². The molecular weight excluding hydrogens is 260 g/mol. The van der Waals surface area contributed by atoms with E-state index < -0.39 is 15.8 Å². The van der Waals surface area contributed by atoms with Crippen molar-refractivity contribution in [1.29, 1.82) is 0 Å². The Kier molecular flexibility index (Phi) is 2.87. The van der Waals surface area contributed by atoms with Crippen LogP contribution in [0.2, 0.25) is 0 Å². The molecule has 1 aromatic carbocycles. The topological polar surface area (TPSA) is 110 Å². The van der Waals surface area contributed by atoms with Gasteiger partial charge in [-0.1, -0.05) is 6.07 Å². The van der Waals surface area contributed by atoms with E-state index >= 15 is 0 Å². The molecule has 0 fully saturated rings. The van der Waals surface area contributed by atoms with Gasteiger partial charge >= 0.3 is 5.97 Å². The van der Waals surface area contributed by atoms with Crippen molar-refractivity contribution in [2.45, 2.75) is 4.90 Å². The van der Waals surface area contributed by atoms with Gasteiger partial charge in [0.2, 0.25) is 12.3 Å². The molecule has 0 bridgehead atoms. The van der Waals surface area contributed by atoms with Crippen LogP contribution in [0.1, 0.15) is 10.4 Å². The molecule has 2 rings (SSSR count). The fourth-order valence-electron chi connectivity index (χ4n) is 1.56. The van der Waals surface area contributed by atoms with Crippen LogP contribution >= 0.6 is 0 Å². The second kappa shape index (κ2) is 4.22. The minimum atomic E-state index is -3.74. The summed E-state index contributed by atoms with van der Waals surface area (Å²) >= 11 is 0. The van der Waals surface area contributed by atoms with E-state index in [2.05, 4.69) is 10.2 Å². The van der Waals surface area contributed by atoms with Crippen LogP contribution < -0.4 is 0 Å². The first kappa shape index (κ1) is 12.2. The van der Waals surface area contributed by atoms with Crippen molar-refractivity contribution in [1.82, 2.24) is 10.2 Å². The maximum Gasteiger partial charge on any atom is 0.337 e. The number of nitrogens with zero attached hydrogens (tertiary/aromatic N) is 2. The lowest BCUT2D eigenvalue weighted by molar-refractivity contribution is 0.0692. The molecule has 1 aromatic heterocycles. The number of benzene rings is 1. The van der Waals surface area contributed by atoms with Crippen molar-refractivity contribution in [3.05, 3.63) is 30.2 Å². The first-order valence-corrected chi connectivity index (χ1v) is 6.63. The molecular formula is C10H8N2O5S. The van der Waals surface area contributed by atoms with Crippen molar-refractivity contribution < 1.29 is 22.7 Å². The van der Waals surface area contributed by atoms with E-state index in [1.807, 2.05) is 0 Å². The van der Waals surface area contributed by atoms with Crippen LogP contribution in [0.4, 0.5) is 0 Å². The molecule has 0 amide bonds. The summed E-state index contributed by atoms with van der Waals surface area (Å²) in [6.45, 7) is 0. The largest absolute Gasteiger partial charge is 0.478 e. The molecule has 1 heterocycles.